The maximum Gasteiger partial charge on any atom is 0.319 e. The van der Waals surface area contributed by atoms with Crippen LogP contribution >= 0.6 is 0 Å². The summed E-state index contributed by atoms with van der Waals surface area (Å²) in [5, 5.41) is 15.3. The lowest BCUT2D eigenvalue weighted by Crippen LogP contribution is -2.37. The molecule has 1 aliphatic heterocycles. The average Bonchev–Trinajstić information content (AvgIpc) is 3.52. The number of fused-ring (bicyclic) bond motifs is 2. The molecule has 220 valence electrons. The first kappa shape index (κ1) is 28.2. The first-order chi connectivity index (χ1) is 20.0. The van der Waals surface area contributed by atoms with E-state index in [1.165, 1.54) is 5.56 Å². The molecule has 1 aliphatic carbocycles. The molecular weight excluding hydrogens is 524 g/mol. The summed E-state index contributed by atoms with van der Waals surface area (Å²) in [7, 11) is 2.15. The molecule has 8 heteroatoms. The van der Waals surface area contributed by atoms with Gasteiger partial charge in [-0.3, -0.25) is 9.30 Å². The summed E-state index contributed by atoms with van der Waals surface area (Å²) in [5.74, 6) is 1.73. The predicted molar refractivity (Wildman–Crippen MR) is 166 cm³/mol. The molecule has 2 aliphatic rings. The van der Waals surface area contributed by atoms with Crippen LogP contribution in [0.15, 0.2) is 60.8 Å². The number of carbonyl (C=O) groups is 1. The molecule has 0 radical (unpaired) electrons. The standard InChI is InChI=1S/C34H42N6O2/c1-22-18-23(33(2,3)4)20-24(19-22)35-32(41)36-28-13-14-29(27-11-8-7-10-26(27)28)42-25-12-15-30-37-38-31(40(30)21-25)34(5)16-9-17-39(34)6/h7-8,10-12,15,18-21,28-29H,9,13-14,16-17H2,1-6H3,(H2,35,36,41)/t28-,29+,34-/m0/s1. The van der Waals surface area contributed by atoms with Crippen molar-refractivity contribution in [2.24, 2.45) is 0 Å². The number of carbonyl (C=O) groups excluding carboxylic acids is 1. The van der Waals surface area contributed by atoms with Crippen molar-refractivity contribution in [3.8, 4) is 5.75 Å². The van der Waals surface area contributed by atoms with Gasteiger partial charge in [0.25, 0.3) is 0 Å². The zero-order valence-corrected chi connectivity index (χ0v) is 25.6. The second-order valence-electron chi connectivity index (χ2n) is 13.2. The second kappa shape index (κ2) is 10.7. The Morgan fingerprint density at radius 2 is 1.83 bits per heavy atom. The third kappa shape index (κ3) is 5.36. The van der Waals surface area contributed by atoms with E-state index in [1.807, 2.05) is 36.5 Å². The van der Waals surface area contributed by atoms with Crippen LogP contribution in [0.1, 0.15) is 93.6 Å². The Balaban J connectivity index is 1.19. The van der Waals surface area contributed by atoms with Crippen molar-refractivity contribution in [3.05, 3.63) is 88.9 Å². The number of hydrogen-bond donors (Lipinski definition) is 2. The number of pyridine rings is 1. The quantitative estimate of drug-likeness (QED) is 0.270. The van der Waals surface area contributed by atoms with Crippen molar-refractivity contribution < 1.29 is 9.53 Å². The Labute approximate surface area is 248 Å². The summed E-state index contributed by atoms with van der Waals surface area (Å²) < 4.78 is 8.71. The first-order valence-electron chi connectivity index (χ1n) is 15.0. The molecule has 0 saturated carbocycles. The van der Waals surface area contributed by atoms with Gasteiger partial charge in [-0.25, -0.2) is 4.79 Å². The number of amides is 2. The highest BCUT2D eigenvalue weighted by Crippen LogP contribution is 2.40. The number of urea groups is 1. The van der Waals surface area contributed by atoms with Crippen molar-refractivity contribution in [1.82, 2.24) is 24.8 Å². The summed E-state index contributed by atoms with van der Waals surface area (Å²) in [6.07, 6.45) is 5.67. The van der Waals surface area contributed by atoms with Crippen LogP contribution in [0.5, 0.6) is 5.75 Å². The van der Waals surface area contributed by atoms with Gasteiger partial charge >= 0.3 is 6.03 Å². The Morgan fingerprint density at radius 3 is 2.57 bits per heavy atom. The van der Waals surface area contributed by atoms with Crippen LogP contribution in [-0.2, 0) is 11.0 Å². The van der Waals surface area contributed by atoms with E-state index in [-0.39, 0.29) is 29.1 Å². The molecule has 6 rings (SSSR count). The smallest absolute Gasteiger partial charge is 0.319 e. The molecule has 3 heterocycles. The summed E-state index contributed by atoms with van der Waals surface area (Å²) >= 11 is 0. The van der Waals surface area contributed by atoms with Crippen LogP contribution in [0.2, 0.25) is 0 Å². The molecule has 4 aromatic rings. The van der Waals surface area contributed by atoms with Crippen LogP contribution in [0.4, 0.5) is 10.5 Å². The van der Waals surface area contributed by atoms with E-state index in [0.29, 0.717) is 0 Å². The number of nitrogens with one attached hydrogen (secondary N) is 2. The minimum Gasteiger partial charge on any atom is -0.484 e. The predicted octanol–water partition coefficient (Wildman–Crippen LogP) is 7.05. The van der Waals surface area contributed by atoms with Gasteiger partial charge in [0.1, 0.15) is 11.9 Å². The maximum absolute atomic E-state index is 13.2. The monoisotopic (exact) mass is 566 g/mol. The summed E-state index contributed by atoms with van der Waals surface area (Å²) in [5.41, 5.74) is 6.00. The van der Waals surface area contributed by atoms with Crippen LogP contribution in [-0.4, -0.2) is 39.1 Å². The molecule has 1 fully saturated rings. The van der Waals surface area contributed by atoms with Gasteiger partial charge < -0.3 is 15.4 Å². The lowest BCUT2D eigenvalue weighted by Gasteiger charge is -2.32. The number of rotatable bonds is 5. The molecule has 2 aromatic carbocycles. The normalized spacial score (nSPS) is 22.6. The Bertz CT molecular complexity index is 1620. The number of hydrogen-bond acceptors (Lipinski definition) is 5. The highest BCUT2D eigenvalue weighted by molar-refractivity contribution is 5.89. The van der Waals surface area contributed by atoms with Crippen molar-refractivity contribution in [2.45, 2.75) is 83.4 Å². The largest absolute Gasteiger partial charge is 0.484 e. The van der Waals surface area contributed by atoms with E-state index >= 15 is 0 Å². The Kier molecular flexibility index (Phi) is 7.21. The molecule has 3 atom stereocenters. The van der Waals surface area contributed by atoms with Gasteiger partial charge in [0.05, 0.1) is 17.8 Å². The van der Waals surface area contributed by atoms with Gasteiger partial charge in [-0.2, -0.15) is 0 Å². The van der Waals surface area contributed by atoms with Crippen LogP contribution in [0, 0.1) is 6.92 Å². The van der Waals surface area contributed by atoms with Crippen molar-refractivity contribution in [2.75, 3.05) is 18.9 Å². The maximum atomic E-state index is 13.2. The molecule has 0 spiro atoms. The van der Waals surface area contributed by atoms with Crippen LogP contribution in [0.25, 0.3) is 5.65 Å². The lowest BCUT2D eigenvalue weighted by atomic mass is 9.85. The minimum atomic E-state index is -0.199. The molecule has 42 heavy (non-hydrogen) atoms. The van der Waals surface area contributed by atoms with Gasteiger partial charge in [-0.1, -0.05) is 51.1 Å². The van der Waals surface area contributed by atoms with Crippen LogP contribution in [0.3, 0.4) is 0 Å². The van der Waals surface area contributed by atoms with Crippen molar-refractivity contribution in [3.63, 3.8) is 0 Å². The SMILES string of the molecule is Cc1cc(NC(=O)N[C@H]2CC[C@@H](Oc3ccc4nnc([C@]5(C)CCCN5C)n4c3)c3ccccc32)cc(C(C)(C)C)c1. The minimum absolute atomic E-state index is 0.00152. The van der Waals surface area contributed by atoms with Gasteiger partial charge in [0.2, 0.25) is 0 Å². The Hall–Kier alpha value is -3.91. The fourth-order valence-electron chi connectivity index (χ4n) is 6.49. The number of nitrogens with zero attached hydrogens (tertiary/aromatic N) is 4. The van der Waals surface area contributed by atoms with Crippen molar-refractivity contribution >= 4 is 17.4 Å². The molecule has 2 N–H and O–H groups in total. The number of likely N-dealkylation sites (tertiary alicyclic amines) is 1. The van der Waals surface area contributed by atoms with Gasteiger partial charge in [-0.05, 0) is 105 Å². The average molecular weight is 567 g/mol. The fourth-order valence-corrected chi connectivity index (χ4v) is 6.49. The van der Waals surface area contributed by atoms with E-state index in [1.54, 1.807) is 0 Å². The van der Waals surface area contributed by atoms with Crippen LogP contribution < -0.4 is 15.4 Å². The Morgan fingerprint density at radius 1 is 1.05 bits per heavy atom. The van der Waals surface area contributed by atoms with Gasteiger partial charge in [0, 0.05) is 5.69 Å². The number of benzene rings is 2. The number of anilines is 1. The van der Waals surface area contributed by atoms with E-state index in [9.17, 15) is 4.79 Å². The number of aromatic nitrogens is 3. The van der Waals surface area contributed by atoms with E-state index in [4.69, 9.17) is 4.74 Å². The third-order valence-electron chi connectivity index (χ3n) is 9.08. The number of aryl methyl sites for hydroxylation is 1. The van der Waals surface area contributed by atoms with Gasteiger partial charge in [0.15, 0.2) is 11.5 Å². The molecular formula is C34H42N6O2. The summed E-state index contributed by atoms with van der Waals surface area (Å²) in [6, 6.07) is 18.2. The first-order valence-corrected chi connectivity index (χ1v) is 15.0. The highest BCUT2D eigenvalue weighted by atomic mass is 16.5. The summed E-state index contributed by atoms with van der Waals surface area (Å²) in [4.78, 5) is 15.5. The zero-order valence-electron chi connectivity index (χ0n) is 25.6. The van der Waals surface area contributed by atoms with Crippen molar-refractivity contribution in [1.29, 1.82) is 0 Å². The summed E-state index contributed by atoms with van der Waals surface area (Å²) in [6.45, 7) is 11.9. The molecule has 1 saturated heterocycles. The molecule has 2 amide bonds. The lowest BCUT2D eigenvalue weighted by molar-refractivity contribution is 0.170. The number of ether oxygens (including phenoxy) is 1. The fraction of sp³-hybridized carbons (Fsp3) is 0.441. The zero-order chi connectivity index (χ0) is 29.6. The molecule has 8 nitrogen and oxygen atoms in total. The highest BCUT2D eigenvalue weighted by Gasteiger charge is 2.39. The van der Waals surface area contributed by atoms with E-state index in [0.717, 1.165) is 71.8 Å². The third-order valence-corrected chi connectivity index (χ3v) is 9.08. The second-order valence-corrected chi connectivity index (χ2v) is 13.2. The molecule has 0 unspecified atom stereocenters. The van der Waals surface area contributed by atoms with E-state index in [2.05, 4.69) is 96.1 Å². The van der Waals surface area contributed by atoms with E-state index < -0.39 is 0 Å². The molecule has 0 bridgehead atoms. The molecule has 2 aromatic heterocycles. The topological polar surface area (TPSA) is 83.8 Å². The van der Waals surface area contributed by atoms with Gasteiger partial charge in [-0.15, -0.1) is 10.2 Å².